The normalized spacial score (nSPS) is 14.4. The molecule has 0 aliphatic heterocycles. The van der Waals surface area contributed by atoms with Gasteiger partial charge in [0, 0.05) is 12.0 Å². The monoisotopic (exact) mass is 255 g/mol. The Hall–Kier alpha value is -0.740. The first-order chi connectivity index (χ1) is 7.65. The van der Waals surface area contributed by atoms with Gasteiger partial charge in [0.15, 0.2) is 0 Å². The van der Waals surface area contributed by atoms with Gasteiger partial charge in [0.1, 0.15) is 0 Å². The zero-order chi connectivity index (χ0) is 12.0. The number of hydrogen-bond acceptors (Lipinski definition) is 3. The molecule has 0 heterocycles. The highest BCUT2D eigenvalue weighted by Crippen LogP contribution is 2.20. The molecule has 2 nitrogen and oxygen atoms in total. The minimum Gasteiger partial charge on any atom is -0.401 e. The molecule has 0 aliphatic rings. The van der Waals surface area contributed by atoms with Gasteiger partial charge in [-0.1, -0.05) is 30.3 Å². The van der Waals surface area contributed by atoms with E-state index in [1.165, 1.54) is 17.3 Å². The fraction of sp³-hybridized carbons (Fsp3) is 0.333. The lowest BCUT2D eigenvalue weighted by Gasteiger charge is -2.07. The number of benzene rings is 1. The Labute approximate surface area is 104 Å². The van der Waals surface area contributed by atoms with Gasteiger partial charge in [-0.25, -0.2) is 0 Å². The summed E-state index contributed by atoms with van der Waals surface area (Å²) in [6, 6.07) is 10.2. The molecule has 16 heavy (non-hydrogen) atoms. The van der Waals surface area contributed by atoms with Gasteiger partial charge in [-0.05, 0) is 24.7 Å². The van der Waals surface area contributed by atoms with Gasteiger partial charge in [-0.3, -0.25) is 4.21 Å². The summed E-state index contributed by atoms with van der Waals surface area (Å²) in [6.07, 6.45) is 5.24. The minimum atomic E-state index is -0.974. The molecule has 4 heteroatoms. The van der Waals surface area contributed by atoms with E-state index in [1.807, 2.05) is 24.5 Å². The van der Waals surface area contributed by atoms with Crippen LogP contribution in [0.5, 0.6) is 0 Å². The fourth-order valence-corrected chi connectivity index (χ4v) is 3.23. The van der Waals surface area contributed by atoms with E-state index in [9.17, 15) is 4.21 Å². The highest BCUT2D eigenvalue weighted by Gasteiger charge is 2.06. The van der Waals surface area contributed by atoms with E-state index in [-0.39, 0.29) is 0 Å². The lowest BCUT2D eigenvalue weighted by molar-refractivity contribution is 0.691. The predicted molar refractivity (Wildman–Crippen MR) is 73.6 cm³/mol. The second-order valence-corrected chi connectivity index (χ2v) is 5.85. The Morgan fingerprint density at radius 3 is 2.50 bits per heavy atom. The van der Waals surface area contributed by atoms with Gasteiger partial charge in [-0.2, -0.15) is 0 Å². The van der Waals surface area contributed by atoms with Gasteiger partial charge in [-0.15, -0.1) is 11.8 Å². The highest BCUT2D eigenvalue weighted by molar-refractivity contribution is 8.15. The summed E-state index contributed by atoms with van der Waals surface area (Å²) in [7, 11) is -0.974. The van der Waals surface area contributed by atoms with Gasteiger partial charge in [0.2, 0.25) is 0 Å². The van der Waals surface area contributed by atoms with Crippen LogP contribution in [0, 0.1) is 0 Å². The smallest absolute Gasteiger partial charge is 0.0898 e. The highest BCUT2D eigenvalue weighted by atomic mass is 32.2. The van der Waals surface area contributed by atoms with Crippen LogP contribution in [-0.4, -0.2) is 16.7 Å². The van der Waals surface area contributed by atoms with Gasteiger partial charge >= 0.3 is 0 Å². The van der Waals surface area contributed by atoms with Crippen molar-refractivity contribution in [3.8, 4) is 0 Å². The summed E-state index contributed by atoms with van der Waals surface area (Å²) < 4.78 is 12.2. The summed E-state index contributed by atoms with van der Waals surface area (Å²) >= 11 is 1.48. The molecule has 0 fully saturated rings. The van der Waals surface area contributed by atoms with Crippen molar-refractivity contribution in [3.05, 3.63) is 45.8 Å². The first-order valence-electron chi connectivity index (χ1n) is 5.05. The van der Waals surface area contributed by atoms with Crippen LogP contribution in [-0.2, 0) is 17.2 Å². The number of allylic oxidation sites excluding steroid dienone is 1. The topological polar surface area (TPSA) is 43.1 Å². The Morgan fingerprint density at radius 2 is 2.00 bits per heavy atom. The minimum absolute atomic E-state index is 0.747. The lowest BCUT2D eigenvalue weighted by Crippen LogP contribution is -2.05. The average molecular weight is 255 g/mol. The maximum absolute atomic E-state index is 11.4. The first kappa shape index (κ1) is 13.3. The zero-order valence-electron chi connectivity index (χ0n) is 9.60. The van der Waals surface area contributed by atoms with Crippen molar-refractivity contribution in [2.24, 2.45) is 5.73 Å². The van der Waals surface area contributed by atoms with Crippen molar-refractivity contribution < 1.29 is 4.21 Å². The van der Waals surface area contributed by atoms with Crippen LogP contribution in [0.25, 0.3) is 0 Å². The summed E-state index contributed by atoms with van der Waals surface area (Å²) in [5.74, 6) is 0. The molecule has 0 saturated carbocycles. The van der Waals surface area contributed by atoms with Crippen LogP contribution in [0.2, 0.25) is 0 Å². The molecule has 88 valence electrons. The van der Waals surface area contributed by atoms with Crippen molar-refractivity contribution in [1.82, 2.24) is 0 Å². The van der Waals surface area contributed by atoms with E-state index in [1.54, 1.807) is 6.26 Å². The third-order valence-electron chi connectivity index (χ3n) is 2.23. The second kappa shape index (κ2) is 6.76. The molecule has 0 radical (unpaired) electrons. The zero-order valence-corrected chi connectivity index (χ0v) is 11.2. The fourth-order valence-electron chi connectivity index (χ4n) is 1.46. The van der Waals surface area contributed by atoms with Gasteiger partial charge < -0.3 is 5.73 Å². The summed E-state index contributed by atoms with van der Waals surface area (Å²) in [5.41, 5.74) is 7.95. The predicted octanol–water partition coefficient (Wildman–Crippen LogP) is 2.49. The number of hydrogen-bond donors (Lipinski definition) is 1. The molecule has 2 N–H and O–H groups in total. The van der Waals surface area contributed by atoms with E-state index in [4.69, 9.17) is 5.73 Å². The molecule has 1 aromatic rings. The summed E-state index contributed by atoms with van der Waals surface area (Å²) in [4.78, 5) is 0. The third-order valence-corrected chi connectivity index (χ3v) is 4.86. The quantitative estimate of drug-likeness (QED) is 0.879. The molecule has 0 amide bonds. The Bertz CT molecular complexity index is 387. The standard InChI is InChI=1S/C12H17NOS2/c1-15-12(16(2)14)11(13)9-8-10-6-4-3-5-7-10/h3-7H,8-9,13H2,1-2H3/b12-11-. The van der Waals surface area contributed by atoms with E-state index in [0.29, 0.717) is 0 Å². The van der Waals surface area contributed by atoms with Crippen molar-refractivity contribution >= 4 is 22.6 Å². The second-order valence-electron chi connectivity index (χ2n) is 3.46. The van der Waals surface area contributed by atoms with Crippen molar-refractivity contribution in [3.63, 3.8) is 0 Å². The molecule has 0 aromatic heterocycles. The molecule has 0 bridgehead atoms. The number of rotatable bonds is 5. The molecule has 0 saturated heterocycles. The maximum Gasteiger partial charge on any atom is 0.0898 e. The number of thioether (sulfide) groups is 1. The third kappa shape index (κ3) is 4.02. The number of aryl methyl sites for hydroxylation is 1. The summed E-state index contributed by atoms with van der Waals surface area (Å²) in [5, 5.41) is 0. The molecule has 1 atom stereocenters. The number of nitrogens with two attached hydrogens (primary N) is 1. The molecule has 0 aliphatic carbocycles. The molecule has 1 unspecified atom stereocenters. The molecular weight excluding hydrogens is 238 g/mol. The largest absolute Gasteiger partial charge is 0.401 e. The Morgan fingerprint density at radius 1 is 1.38 bits per heavy atom. The molecule has 1 rings (SSSR count). The van der Waals surface area contributed by atoms with Crippen LogP contribution in [0.3, 0.4) is 0 Å². The first-order valence-corrected chi connectivity index (χ1v) is 7.83. The molecular formula is C12H17NOS2. The lowest BCUT2D eigenvalue weighted by atomic mass is 10.1. The van der Waals surface area contributed by atoms with E-state index in [0.717, 1.165) is 22.8 Å². The summed E-state index contributed by atoms with van der Waals surface area (Å²) in [6.45, 7) is 0. The Balaban J connectivity index is 2.65. The van der Waals surface area contributed by atoms with Crippen LogP contribution >= 0.6 is 11.8 Å². The van der Waals surface area contributed by atoms with E-state index in [2.05, 4.69) is 12.1 Å². The van der Waals surface area contributed by atoms with E-state index >= 15 is 0 Å². The van der Waals surface area contributed by atoms with Crippen molar-refractivity contribution in [2.45, 2.75) is 12.8 Å². The molecule has 0 spiro atoms. The maximum atomic E-state index is 11.4. The Kier molecular flexibility index (Phi) is 5.63. The van der Waals surface area contributed by atoms with Gasteiger partial charge in [0.25, 0.3) is 0 Å². The van der Waals surface area contributed by atoms with E-state index < -0.39 is 10.8 Å². The van der Waals surface area contributed by atoms with Crippen LogP contribution < -0.4 is 5.73 Å². The van der Waals surface area contributed by atoms with Crippen LogP contribution in [0.4, 0.5) is 0 Å². The molecule has 1 aromatic carbocycles. The van der Waals surface area contributed by atoms with Crippen molar-refractivity contribution in [1.29, 1.82) is 0 Å². The van der Waals surface area contributed by atoms with Crippen LogP contribution in [0.15, 0.2) is 40.3 Å². The SMILES string of the molecule is CS/C(=C(/N)CCc1ccccc1)S(C)=O. The van der Waals surface area contributed by atoms with Crippen LogP contribution in [0.1, 0.15) is 12.0 Å². The average Bonchev–Trinajstić information content (AvgIpc) is 2.28. The van der Waals surface area contributed by atoms with Crippen molar-refractivity contribution in [2.75, 3.05) is 12.5 Å². The van der Waals surface area contributed by atoms with Gasteiger partial charge in [0.05, 0.1) is 15.0 Å².